The van der Waals surface area contributed by atoms with Gasteiger partial charge in [0, 0.05) is 13.1 Å². The molecule has 30 heavy (non-hydrogen) atoms. The molecule has 0 bridgehead atoms. The molecule has 0 aromatic heterocycles. The molecule has 1 fully saturated rings. The van der Waals surface area contributed by atoms with Gasteiger partial charge >= 0.3 is 0 Å². The van der Waals surface area contributed by atoms with Crippen molar-refractivity contribution in [1.29, 1.82) is 0 Å². The Labute approximate surface area is 179 Å². The molecule has 0 spiro atoms. The number of sulfonamides is 1. The summed E-state index contributed by atoms with van der Waals surface area (Å²) in [5, 5.41) is 0. The monoisotopic (exact) mass is 421 g/mol. The Kier molecular flexibility index (Phi) is 6.21. The third-order valence-corrected chi connectivity index (χ3v) is 7.70. The highest BCUT2D eigenvalue weighted by molar-refractivity contribution is 7.89. The second-order valence-corrected chi connectivity index (χ2v) is 9.66. The summed E-state index contributed by atoms with van der Waals surface area (Å²) < 4.78 is 33.7. The Bertz CT molecular complexity index is 1060. The van der Waals surface area contributed by atoms with E-state index >= 15 is 0 Å². The normalized spacial score (nSPS) is 18.0. The van der Waals surface area contributed by atoms with Gasteiger partial charge in [-0.1, -0.05) is 61.0 Å². The Balaban J connectivity index is 1.56. The van der Waals surface area contributed by atoms with Crippen LogP contribution in [0.5, 0.6) is 5.75 Å². The average molecular weight is 422 g/mol. The zero-order chi connectivity index (χ0) is 21.0. The predicted octanol–water partition coefficient (Wildman–Crippen LogP) is 5.32. The molecule has 0 aliphatic carbocycles. The molecule has 0 amide bonds. The van der Waals surface area contributed by atoms with Crippen LogP contribution in [0.3, 0.4) is 0 Å². The zero-order valence-corrected chi connectivity index (χ0v) is 18.0. The first-order valence-electron chi connectivity index (χ1n) is 10.4. The molecular formula is C25H27NO3S. The number of rotatable bonds is 5. The van der Waals surface area contributed by atoms with Gasteiger partial charge in [0.2, 0.25) is 10.0 Å². The number of methoxy groups -OCH3 is 1. The summed E-state index contributed by atoms with van der Waals surface area (Å²) in [6.45, 7) is 1.07. The fraction of sp³-hybridized carbons (Fsp3) is 0.280. The zero-order valence-electron chi connectivity index (χ0n) is 17.2. The van der Waals surface area contributed by atoms with Gasteiger partial charge in [-0.05, 0) is 59.7 Å². The molecule has 4 rings (SSSR count). The molecule has 5 heteroatoms. The summed E-state index contributed by atoms with van der Waals surface area (Å²) in [6, 6.07) is 25.2. The fourth-order valence-corrected chi connectivity index (χ4v) is 5.60. The first-order valence-corrected chi connectivity index (χ1v) is 11.8. The van der Waals surface area contributed by atoms with Crippen molar-refractivity contribution in [3.05, 3.63) is 84.4 Å². The van der Waals surface area contributed by atoms with Crippen LogP contribution in [-0.4, -0.2) is 32.9 Å². The predicted molar refractivity (Wildman–Crippen MR) is 120 cm³/mol. The minimum atomic E-state index is -3.53. The summed E-state index contributed by atoms with van der Waals surface area (Å²) in [7, 11) is -1.88. The molecule has 1 aliphatic heterocycles. The molecule has 1 atom stereocenters. The van der Waals surface area contributed by atoms with Crippen LogP contribution >= 0.6 is 0 Å². The molecule has 1 saturated heterocycles. The smallest absolute Gasteiger partial charge is 0.243 e. The maximum atomic E-state index is 13.4. The molecule has 156 valence electrons. The van der Waals surface area contributed by atoms with E-state index < -0.39 is 10.0 Å². The van der Waals surface area contributed by atoms with Crippen molar-refractivity contribution in [3.63, 3.8) is 0 Å². The molecule has 1 heterocycles. The number of ether oxygens (including phenoxy) is 1. The summed E-state index contributed by atoms with van der Waals surface area (Å²) in [6.07, 6.45) is 2.90. The molecular weight excluding hydrogens is 394 g/mol. The average Bonchev–Trinajstić information content (AvgIpc) is 3.07. The lowest BCUT2D eigenvalue weighted by Gasteiger charge is -2.24. The van der Waals surface area contributed by atoms with Crippen molar-refractivity contribution in [1.82, 2.24) is 4.31 Å². The van der Waals surface area contributed by atoms with Gasteiger partial charge < -0.3 is 4.74 Å². The van der Waals surface area contributed by atoms with Crippen LogP contribution in [0.25, 0.3) is 11.1 Å². The van der Waals surface area contributed by atoms with Crippen LogP contribution in [0.15, 0.2) is 83.8 Å². The molecule has 0 N–H and O–H groups in total. The Morgan fingerprint density at radius 1 is 0.833 bits per heavy atom. The largest absolute Gasteiger partial charge is 0.497 e. The van der Waals surface area contributed by atoms with Crippen LogP contribution < -0.4 is 4.74 Å². The van der Waals surface area contributed by atoms with Crippen LogP contribution in [0.2, 0.25) is 0 Å². The molecule has 0 radical (unpaired) electrons. The second kappa shape index (κ2) is 9.02. The van der Waals surface area contributed by atoms with E-state index in [9.17, 15) is 8.42 Å². The van der Waals surface area contributed by atoms with Gasteiger partial charge in [0.1, 0.15) is 5.75 Å². The Morgan fingerprint density at radius 3 is 2.17 bits per heavy atom. The molecule has 4 nitrogen and oxygen atoms in total. The second-order valence-electron chi connectivity index (χ2n) is 7.72. The SMILES string of the molecule is COc1ccc(C2CCCCN(S(=O)(=O)c3ccc(-c4ccccc4)cc3)C2)cc1. The van der Waals surface area contributed by atoms with E-state index in [4.69, 9.17) is 4.74 Å². The summed E-state index contributed by atoms with van der Waals surface area (Å²) in [5.74, 6) is 1.01. The maximum absolute atomic E-state index is 13.4. The Morgan fingerprint density at radius 2 is 1.50 bits per heavy atom. The van der Waals surface area contributed by atoms with Crippen molar-refractivity contribution in [2.45, 2.75) is 30.1 Å². The summed E-state index contributed by atoms with van der Waals surface area (Å²) in [4.78, 5) is 0.359. The first-order chi connectivity index (χ1) is 14.6. The third kappa shape index (κ3) is 4.42. The van der Waals surface area contributed by atoms with E-state index in [0.29, 0.717) is 18.0 Å². The fourth-order valence-electron chi connectivity index (χ4n) is 4.07. The highest BCUT2D eigenvalue weighted by Gasteiger charge is 2.29. The van der Waals surface area contributed by atoms with E-state index in [1.54, 1.807) is 23.5 Å². The van der Waals surface area contributed by atoms with Crippen molar-refractivity contribution < 1.29 is 13.2 Å². The quantitative estimate of drug-likeness (QED) is 0.560. The van der Waals surface area contributed by atoms with Gasteiger partial charge in [-0.15, -0.1) is 0 Å². The van der Waals surface area contributed by atoms with Crippen molar-refractivity contribution >= 4 is 10.0 Å². The van der Waals surface area contributed by atoms with Crippen LogP contribution in [0.4, 0.5) is 0 Å². The van der Waals surface area contributed by atoms with E-state index in [0.717, 1.165) is 41.7 Å². The van der Waals surface area contributed by atoms with Gasteiger partial charge in [-0.3, -0.25) is 0 Å². The van der Waals surface area contributed by atoms with Crippen molar-refractivity contribution in [2.75, 3.05) is 20.2 Å². The molecule has 3 aromatic carbocycles. The van der Waals surface area contributed by atoms with Crippen molar-refractivity contribution in [3.8, 4) is 16.9 Å². The third-order valence-electron chi connectivity index (χ3n) is 5.82. The van der Waals surface area contributed by atoms with E-state index in [2.05, 4.69) is 0 Å². The maximum Gasteiger partial charge on any atom is 0.243 e. The van der Waals surface area contributed by atoms with Crippen molar-refractivity contribution in [2.24, 2.45) is 0 Å². The number of hydrogen-bond donors (Lipinski definition) is 0. The standard InChI is InChI=1S/C25H27NO3S/c1-29-24-14-10-22(11-15-24)23-9-5-6-18-26(19-23)30(27,28)25-16-12-21(13-17-25)20-7-3-2-4-8-20/h2-4,7-8,10-17,23H,5-6,9,18-19H2,1H3. The molecule has 0 saturated carbocycles. The van der Waals surface area contributed by atoms with E-state index in [1.807, 2.05) is 66.7 Å². The van der Waals surface area contributed by atoms with Crippen LogP contribution in [0, 0.1) is 0 Å². The molecule has 1 unspecified atom stereocenters. The lowest BCUT2D eigenvalue weighted by atomic mass is 9.94. The van der Waals surface area contributed by atoms with Gasteiger partial charge in [0.25, 0.3) is 0 Å². The molecule has 3 aromatic rings. The molecule has 1 aliphatic rings. The first kappa shape index (κ1) is 20.6. The van der Waals surface area contributed by atoms with E-state index in [-0.39, 0.29) is 5.92 Å². The van der Waals surface area contributed by atoms with Gasteiger partial charge in [-0.2, -0.15) is 4.31 Å². The highest BCUT2D eigenvalue weighted by atomic mass is 32.2. The lowest BCUT2D eigenvalue weighted by Crippen LogP contribution is -2.34. The number of nitrogens with zero attached hydrogens (tertiary/aromatic N) is 1. The van der Waals surface area contributed by atoms with Gasteiger partial charge in [0.05, 0.1) is 12.0 Å². The van der Waals surface area contributed by atoms with Crippen LogP contribution in [-0.2, 0) is 10.0 Å². The minimum Gasteiger partial charge on any atom is -0.497 e. The van der Waals surface area contributed by atoms with Gasteiger partial charge in [0.15, 0.2) is 0 Å². The topological polar surface area (TPSA) is 46.6 Å². The number of hydrogen-bond acceptors (Lipinski definition) is 3. The number of benzene rings is 3. The minimum absolute atomic E-state index is 0.191. The van der Waals surface area contributed by atoms with E-state index in [1.165, 1.54) is 0 Å². The van der Waals surface area contributed by atoms with Gasteiger partial charge in [-0.25, -0.2) is 8.42 Å². The summed E-state index contributed by atoms with van der Waals surface area (Å²) in [5.41, 5.74) is 3.26. The summed E-state index contributed by atoms with van der Waals surface area (Å²) >= 11 is 0. The lowest BCUT2D eigenvalue weighted by molar-refractivity contribution is 0.404. The van der Waals surface area contributed by atoms with Crippen LogP contribution in [0.1, 0.15) is 30.7 Å². The highest BCUT2D eigenvalue weighted by Crippen LogP contribution is 2.31. The Hall–Kier alpha value is -2.63.